The Morgan fingerprint density at radius 3 is 2.31 bits per heavy atom. The number of carbonyl (C=O) groups is 1. The van der Waals surface area contributed by atoms with Crippen molar-refractivity contribution in [2.45, 2.75) is 63.4 Å². The molecule has 2 aliphatic rings. The molecule has 2 aliphatic heterocycles. The normalized spacial score (nSPS) is 24.8. The second kappa shape index (κ2) is 7.29. The van der Waals surface area contributed by atoms with Crippen LogP contribution in [0.25, 0.3) is 0 Å². The summed E-state index contributed by atoms with van der Waals surface area (Å²) in [5.41, 5.74) is 8.51. The number of sulfonamides is 1. The molecule has 0 spiro atoms. The molecule has 0 saturated carbocycles. The van der Waals surface area contributed by atoms with Crippen molar-refractivity contribution in [2.24, 2.45) is 5.73 Å². The number of nitrogens with zero attached hydrogens (tertiary/aromatic N) is 2. The number of aryl methyl sites for hydroxylation is 3. The topological polar surface area (TPSA) is 83.7 Å². The van der Waals surface area contributed by atoms with Gasteiger partial charge in [-0.3, -0.25) is 4.79 Å². The summed E-state index contributed by atoms with van der Waals surface area (Å²) in [5, 5.41) is 0. The average Bonchev–Trinajstić information content (AvgIpc) is 3.03. The maximum absolute atomic E-state index is 13.4. The molecule has 2 N–H and O–H groups in total. The highest BCUT2D eigenvalue weighted by molar-refractivity contribution is 7.89. The zero-order valence-electron chi connectivity index (χ0n) is 15.9. The van der Waals surface area contributed by atoms with E-state index in [1.54, 1.807) is 4.90 Å². The molecular formula is C19H29N3O3S. The maximum Gasteiger partial charge on any atom is 0.244 e. The Kier molecular flexibility index (Phi) is 5.42. The molecule has 0 radical (unpaired) electrons. The summed E-state index contributed by atoms with van der Waals surface area (Å²) in [6.07, 6.45) is 3.08. The Labute approximate surface area is 156 Å². The highest BCUT2D eigenvalue weighted by Crippen LogP contribution is 2.31. The molecular weight excluding hydrogens is 350 g/mol. The lowest BCUT2D eigenvalue weighted by Gasteiger charge is -2.34. The van der Waals surface area contributed by atoms with Crippen LogP contribution in [0.2, 0.25) is 0 Å². The Hall–Kier alpha value is -1.44. The number of carbonyl (C=O) groups excluding carboxylic acids is 1. The van der Waals surface area contributed by atoms with Gasteiger partial charge in [0.2, 0.25) is 15.9 Å². The van der Waals surface area contributed by atoms with Crippen LogP contribution in [0.3, 0.4) is 0 Å². The van der Waals surface area contributed by atoms with Gasteiger partial charge in [0.05, 0.1) is 4.90 Å². The number of benzene rings is 1. The molecule has 1 aromatic carbocycles. The minimum absolute atomic E-state index is 0.0132. The first-order valence-electron chi connectivity index (χ1n) is 9.36. The fraction of sp³-hybridized carbons (Fsp3) is 0.632. The third-order valence-corrected chi connectivity index (χ3v) is 7.64. The number of nitrogens with two attached hydrogens (primary N) is 1. The van der Waals surface area contributed by atoms with Crippen LogP contribution < -0.4 is 5.73 Å². The summed E-state index contributed by atoms with van der Waals surface area (Å²) in [7, 11) is -3.71. The van der Waals surface area contributed by atoms with Crippen molar-refractivity contribution < 1.29 is 13.2 Å². The van der Waals surface area contributed by atoms with E-state index in [-0.39, 0.29) is 11.9 Å². The highest BCUT2D eigenvalue weighted by Gasteiger charge is 2.42. The van der Waals surface area contributed by atoms with Gasteiger partial charge in [0.15, 0.2) is 0 Å². The summed E-state index contributed by atoms with van der Waals surface area (Å²) >= 11 is 0. The predicted octanol–water partition coefficient (Wildman–Crippen LogP) is 1.71. The molecule has 3 rings (SSSR count). The standard InChI is InChI=1S/C19H29N3O3S/c1-13-10-14(2)18(15(3)11-13)26(24,25)22-9-5-7-17(22)19(23)21-8-4-6-16(20)12-21/h10-11,16-17H,4-9,12,20H2,1-3H3. The van der Waals surface area contributed by atoms with Gasteiger partial charge in [0.25, 0.3) is 0 Å². The van der Waals surface area contributed by atoms with Gasteiger partial charge in [-0.05, 0) is 57.6 Å². The van der Waals surface area contributed by atoms with E-state index in [1.165, 1.54) is 4.31 Å². The second-order valence-corrected chi connectivity index (χ2v) is 9.52. The molecule has 1 aromatic rings. The van der Waals surface area contributed by atoms with E-state index in [2.05, 4.69) is 0 Å². The number of amides is 1. The van der Waals surface area contributed by atoms with E-state index in [4.69, 9.17) is 5.73 Å². The number of hydrogen-bond acceptors (Lipinski definition) is 4. The molecule has 0 aliphatic carbocycles. The Bertz CT molecular complexity index is 783. The predicted molar refractivity (Wildman–Crippen MR) is 101 cm³/mol. The lowest BCUT2D eigenvalue weighted by atomic mass is 10.1. The van der Waals surface area contributed by atoms with Crippen LogP contribution in [-0.4, -0.2) is 55.2 Å². The van der Waals surface area contributed by atoms with Crippen molar-refractivity contribution in [1.82, 2.24) is 9.21 Å². The fourth-order valence-electron chi connectivity index (χ4n) is 4.39. The van der Waals surface area contributed by atoms with Crippen LogP contribution in [0.1, 0.15) is 42.4 Å². The van der Waals surface area contributed by atoms with Crippen molar-refractivity contribution in [3.05, 3.63) is 28.8 Å². The van der Waals surface area contributed by atoms with Gasteiger partial charge >= 0.3 is 0 Å². The summed E-state index contributed by atoms with van der Waals surface area (Å²) in [6.45, 7) is 7.18. The van der Waals surface area contributed by atoms with Crippen LogP contribution >= 0.6 is 0 Å². The van der Waals surface area contributed by atoms with Crippen LogP contribution in [0.15, 0.2) is 17.0 Å². The van der Waals surface area contributed by atoms with E-state index < -0.39 is 16.1 Å². The van der Waals surface area contributed by atoms with Crippen molar-refractivity contribution in [3.8, 4) is 0 Å². The molecule has 0 aromatic heterocycles. The molecule has 1 amide bonds. The van der Waals surface area contributed by atoms with Crippen molar-refractivity contribution in [3.63, 3.8) is 0 Å². The molecule has 7 heteroatoms. The van der Waals surface area contributed by atoms with E-state index in [0.29, 0.717) is 37.4 Å². The summed E-state index contributed by atoms with van der Waals surface area (Å²) in [4.78, 5) is 15.1. The number of likely N-dealkylation sites (tertiary alicyclic amines) is 1. The summed E-state index contributed by atoms with van der Waals surface area (Å²) in [6, 6.07) is 3.15. The third kappa shape index (κ3) is 3.52. The molecule has 144 valence electrons. The Balaban J connectivity index is 1.91. The molecule has 6 nitrogen and oxygen atoms in total. The summed E-state index contributed by atoms with van der Waals surface area (Å²) < 4.78 is 28.2. The number of rotatable bonds is 3. The van der Waals surface area contributed by atoms with Gasteiger partial charge in [0.1, 0.15) is 6.04 Å². The molecule has 2 unspecified atom stereocenters. The molecule has 2 atom stereocenters. The monoisotopic (exact) mass is 379 g/mol. The van der Waals surface area contributed by atoms with Crippen molar-refractivity contribution in [2.75, 3.05) is 19.6 Å². The van der Waals surface area contributed by atoms with Crippen LogP contribution in [0.5, 0.6) is 0 Å². The van der Waals surface area contributed by atoms with Gasteiger partial charge in [-0.25, -0.2) is 8.42 Å². The van der Waals surface area contributed by atoms with Crippen molar-refractivity contribution in [1.29, 1.82) is 0 Å². The van der Waals surface area contributed by atoms with Crippen molar-refractivity contribution >= 4 is 15.9 Å². The van der Waals surface area contributed by atoms with Crippen LogP contribution in [0, 0.1) is 20.8 Å². The Morgan fingerprint density at radius 1 is 1.08 bits per heavy atom. The Morgan fingerprint density at radius 2 is 1.69 bits per heavy atom. The number of hydrogen-bond donors (Lipinski definition) is 1. The first kappa shape index (κ1) is 19.3. The molecule has 2 fully saturated rings. The molecule has 2 saturated heterocycles. The van der Waals surface area contributed by atoms with Crippen LogP contribution in [0.4, 0.5) is 0 Å². The molecule has 0 bridgehead atoms. The first-order chi connectivity index (χ1) is 12.2. The van der Waals surface area contributed by atoms with E-state index in [1.807, 2.05) is 32.9 Å². The first-order valence-corrected chi connectivity index (χ1v) is 10.8. The average molecular weight is 380 g/mol. The minimum atomic E-state index is -3.71. The fourth-order valence-corrected chi connectivity index (χ4v) is 6.45. The maximum atomic E-state index is 13.4. The largest absolute Gasteiger partial charge is 0.340 e. The quantitative estimate of drug-likeness (QED) is 0.867. The van der Waals surface area contributed by atoms with Gasteiger partial charge in [-0.15, -0.1) is 0 Å². The zero-order valence-corrected chi connectivity index (χ0v) is 16.7. The highest BCUT2D eigenvalue weighted by atomic mass is 32.2. The minimum Gasteiger partial charge on any atom is -0.340 e. The van der Waals surface area contributed by atoms with E-state index >= 15 is 0 Å². The number of piperidine rings is 1. The smallest absolute Gasteiger partial charge is 0.244 e. The molecule has 26 heavy (non-hydrogen) atoms. The third-order valence-electron chi connectivity index (χ3n) is 5.43. The van der Waals surface area contributed by atoms with Gasteiger partial charge in [0, 0.05) is 25.7 Å². The molecule has 2 heterocycles. The second-order valence-electron chi connectivity index (χ2n) is 7.69. The van der Waals surface area contributed by atoms with Gasteiger partial charge < -0.3 is 10.6 Å². The van der Waals surface area contributed by atoms with Gasteiger partial charge in [-0.1, -0.05) is 17.7 Å². The van der Waals surface area contributed by atoms with E-state index in [0.717, 1.165) is 29.5 Å². The van der Waals surface area contributed by atoms with Gasteiger partial charge in [-0.2, -0.15) is 4.31 Å². The lowest BCUT2D eigenvalue weighted by molar-refractivity contribution is -0.135. The summed E-state index contributed by atoms with van der Waals surface area (Å²) in [5.74, 6) is -0.0938. The lowest BCUT2D eigenvalue weighted by Crippen LogP contribution is -2.53. The van der Waals surface area contributed by atoms with Crippen LogP contribution in [-0.2, 0) is 14.8 Å². The van der Waals surface area contributed by atoms with E-state index in [9.17, 15) is 13.2 Å². The SMILES string of the molecule is Cc1cc(C)c(S(=O)(=O)N2CCCC2C(=O)N2CCCC(N)C2)c(C)c1. The zero-order chi connectivity index (χ0) is 19.1.